The van der Waals surface area contributed by atoms with Gasteiger partial charge in [-0.1, -0.05) is 24.3 Å². The maximum absolute atomic E-state index is 9.03. The molecule has 0 amide bonds. The van der Waals surface area contributed by atoms with E-state index in [0.717, 1.165) is 22.6 Å². The van der Waals surface area contributed by atoms with Crippen LogP contribution in [0.1, 0.15) is 11.1 Å². The van der Waals surface area contributed by atoms with Crippen LogP contribution in [0.4, 0.5) is 0 Å². The summed E-state index contributed by atoms with van der Waals surface area (Å²) in [4.78, 5) is 0. The summed E-state index contributed by atoms with van der Waals surface area (Å²) in [6.45, 7) is 0.545. The molecule has 0 saturated heterocycles. The lowest BCUT2D eigenvalue weighted by molar-refractivity contribution is 0.281. The van der Waals surface area contributed by atoms with Gasteiger partial charge in [0.25, 0.3) is 0 Å². The second-order valence-electron chi connectivity index (χ2n) is 3.76. The molecule has 0 bridgehead atoms. The van der Waals surface area contributed by atoms with Crippen LogP contribution in [0.25, 0.3) is 0 Å². The normalized spacial score (nSPS) is 10.2. The van der Waals surface area contributed by atoms with Crippen LogP contribution in [0.5, 0.6) is 11.5 Å². The van der Waals surface area contributed by atoms with Gasteiger partial charge in [-0.2, -0.15) is 0 Å². The Labute approximate surface area is 100 Å². The first-order chi connectivity index (χ1) is 8.31. The van der Waals surface area contributed by atoms with Gasteiger partial charge in [0.15, 0.2) is 0 Å². The van der Waals surface area contributed by atoms with Crippen molar-refractivity contribution < 1.29 is 9.84 Å². The summed E-state index contributed by atoms with van der Waals surface area (Å²) < 4.78 is 5.67. The monoisotopic (exact) mass is 229 g/mol. The summed E-state index contributed by atoms with van der Waals surface area (Å²) in [5, 5.41) is 9.03. The molecule has 2 rings (SSSR count). The molecule has 3 N–H and O–H groups in total. The van der Waals surface area contributed by atoms with Crippen LogP contribution in [0.2, 0.25) is 0 Å². The zero-order valence-electron chi connectivity index (χ0n) is 9.47. The van der Waals surface area contributed by atoms with Crippen LogP contribution >= 0.6 is 0 Å². The van der Waals surface area contributed by atoms with Crippen LogP contribution in [-0.2, 0) is 13.2 Å². The Morgan fingerprint density at radius 2 is 1.71 bits per heavy atom. The molecule has 88 valence electrons. The van der Waals surface area contributed by atoms with E-state index in [-0.39, 0.29) is 6.61 Å². The highest BCUT2D eigenvalue weighted by Gasteiger charge is 1.98. The van der Waals surface area contributed by atoms with Crippen molar-refractivity contribution in [3.05, 3.63) is 59.7 Å². The SMILES string of the molecule is NCc1ccc(Oc2cccc(CO)c2)cc1. The number of benzene rings is 2. The fourth-order valence-corrected chi connectivity index (χ4v) is 1.54. The largest absolute Gasteiger partial charge is 0.457 e. The lowest BCUT2D eigenvalue weighted by Gasteiger charge is -2.07. The summed E-state index contributed by atoms with van der Waals surface area (Å²) in [6.07, 6.45) is 0. The van der Waals surface area contributed by atoms with E-state index in [4.69, 9.17) is 15.6 Å². The predicted molar refractivity (Wildman–Crippen MR) is 66.8 cm³/mol. The number of ether oxygens (including phenoxy) is 1. The number of hydrogen-bond donors (Lipinski definition) is 2. The third-order valence-corrected chi connectivity index (χ3v) is 2.48. The minimum absolute atomic E-state index is 0.0172. The lowest BCUT2D eigenvalue weighted by Crippen LogP contribution is -1.95. The minimum Gasteiger partial charge on any atom is -0.457 e. The van der Waals surface area contributed by atoms with E-state index in [1.807, 2.05) is 48.5 Å². The second-order valence-corrected chi connectivity index (χ2v) is 3.76. The molecule has 0 atom stereocenters. The van der Waals surface area contributed by atoms with Crippen molar-refractivity contribution in [2.24, 2.45) is 5.73 Å². The third kappa shape index (κ3) is 3.06. The molecule has 0 aliphatic rings. The number of hydrogen-bond acceptors (Lipinski definition) is 3. The molecule has 3 nitrogen and oxygen atoms in total. The summed E-state index contributed by atoms with van der Waals surface area (Å²) in [6, 6.07) is 15.0. The van der Waals surface area contributed by atoms with Gasteiger partial charge >= 0.3 is 0 Å². The molecular weight excluding hydrogens is 214 g/mol. The zero-order chi connectivity index (χ0) is 12.1. The zero-order valence-corrected chi connectivity index (χ0v) is 9.47. The van der Waals surface area contributed by atoms with Gasteiger partial charge in [0.2, 0.25) is 0 Å². The Hall–Kier alpha value is -1.84. The van der Waals surface area contributed by atoms with Gasteiger partial charge < -0.3 is 15.6 Å². The number of nitrogens with two attached hydrogens (primary N) is 1. The van der Waals surface area contributed by atoms with Gasteiger partial charge in [-0.05, 0) is 35.4 Å². The summed E-state index contributed by atoms with van der Waals surface area (Å²) in [5.74, 6) is 1.48. The van der Waals surface area contributed by atoms with Crippen LogP contribution in [0, 0.1) is 0 Å². The highest BCUT2D eigenvalue weighted by atomic mass is 16.5. The van der Waals surface area contributed by atoms with E-state index < -0.39 is 0 Å². The van der Waals surface area contributed by atoms with Crippen molar-refractivity contribution >= 4 is 0 Å². The minimum atomic E-state index is 0.0172. The molecule has 2 aromatic rings. The molecule has 0 spiro atoms. The molecule has 0 aliphatic heterocycles. The molecule has 0 aromatic heterocycles. The molecule has 0 saturated carbocycles. The van der Waals surface area contributed by atoms with Crippen LogP contribution < -0.4 is 10.5 Å². The first-order valence-corrected chi connectivity index (χ1v) is 5.48. The Balaban J connectivity index is 2.13. The molecule has 2 aromatic carbocycles. The highest BCUT2D eigenvalue weighted by molar-refractivity contribution is 5.35. The van der Waals surface area contributed by atoms with Crippen LogP contribution in [0.15, 0.2) is 48.5 Å². The van der Waals surface area contributed by atoms with Crippen molar-refractivity contribution in [1.29, 1.82) is 0 Å². The van der Waals surface area contributed by atoms with Crippen molar-refractivity contribution in [3.63, 3.8) is 0 Å². The smallest absolute Gasteiger partial charge is 0.127 e. The quantitative estimate of drug-likeness (QED) is 0.846. The Kier molecular flexibility index (Phi) is 3.75. The molecule has 0 aliphatic carbocycles. The van der Waals surface area contributed by atoms with Gasteiger partial charge in [0, 0.05) is 6.54 Å². The van der Waals surface area contributed by atoms with Gasteiger partial charge in [-0.15, -0.1) is 0 Å². The van der Waals surface area contributed by atoms with E-state index in [1.165, 1.54) is 0 Å². The Morgan fingerprint density at radius 1 is 0.941 bits per heavy atom. The second kappa shape index (κ2) is 5.48. The van der Waals surface area contributed by atoms with Gasteiger partial charge in [-0.25, -0.2) is 0 Å². The van der Waals surface area contributed by atoms with Crippen molar-refractivity contribution in [2.45, 2.75) is 13.2 Å². The standard InChI is InChI=1S/C14H15NO2/c15-9-11-4-6-13(7-5-11)17-14-3-1-2-12(8-14)10-16/h1-8,16H,9-10,15H2. The first kappa shape index (κ1) is 11.6. The van der Waals surface area contributed by atoms with Gasteiger partial charge in [0.05, 0.1) is 6.61 Å². The summed E-state index contributed by atoms with van der Waals surface area (Å²) >= 11 is 0. The summed E-state index contributed by atoms with van der Waals surface area (Å²) in [5.41, 5.74) is 7.43. The van der Waals surface area contributed by atoms with Crippen molar-refractivity contribution in [2.75, 3.05) is 0 Å². The number of aliphatic hydroxyl groups excluding tert-OH is 1. The molecule has 3 heteroatoms. The van der Waals surface area contributed by atoms with Crippen LogP contribution in [-0.4, -0.2) is 5.11 Å². The van der Waals surface area contributed by atoms with Gasteiger partial charge in [-0.3, -0.25) is 0 Å². The van der Waals surface area contributed by atoms with Gasteiger partial charge in [0.1, 0.15) is 11.5 Å². The van der Waals surface area contributed by atoms with Crippen LogP contribution in [0.3, 0.4) is 0 Å². The molecule has 0 radical (unpaired) electrons. The molecule has 17 heavy (non-hydrogen) atoms. The maximum atomic E-state index is 9.03. The predicted octanol–water partition coefficient (Wildman–Crippen LogP) is 2.43. The molecule has 0 unspecified atom stereocenters. The Bertz CT molecular complexity index is 480. The number of aliphatic hydroxyl groups is 1. The number of rotatable bonds is 4. The first-order valence-electron chi connectivity index (χ1n) is 5.48. The fraction of sp³-hybridized carbons (Fsp3) is 0.143. The molecule has 0 fully saturated rings. The van der Waals surface area contributed by atoms with E-state index in [9.17, 15) is 0 Å². The average molecular weight is 229 g/mol. The summed E-state index contributed by atoms with van der Waals surface area (Å²) in [7, 11) is 0. The van der Waals surface area contributed by atoms with E-state index in [1.54, 1.807) is 0 Å². The van der Waals surface area contributed by atoms with E-state index in [0.29, 0.717) is 6.54 Å². The highest BCUT2D eigenvalue weighted by Crippen LogP contribution is 2.22. The Morgan fingerprint density at radius 3 is 2.35 bits per heavy atom. The fourth-order valence-electron chi connectivity index (χ4n) is 1.54. The van der Waals surface area contributed by atoms with E-state index >= 15 is 0 Å². The topological polar surface area (TPSA) is 55.5 Å². The molecular formula is C14H15NO2. The maximum Gasteiger partial charge on any atom is 0.127 e. The third-order valence-electron chi connectivity index (χ3n) is 2.48. The average Bonchev–Trinajstić information content (AvgIpc) is 2.40. The van der Waals surface area contributed by atoms with Crippen molar-refractivity contribution in [1.82, 2.24) is 0 Å². The van der Waals surface area contributed by atoms with Crippen molar-refractivity contribution in [3.8, 4) is 11.5 Å². The molecule has 0 heterocycles. The van der Waals surface area contributed by atoms with E-state index in [2.05, 4.69) is 0 Å². The lowest BCUT2D eigenvalue weighted by atomic mass is 10.2.